The lowest BCUT2D eigenvalue weighted by Crippen LogP contribution is -2.52. The highest BCUT2D eigenvalue weighted by atomic mass is 15.2. The quantitative estimate of drug-likeness (QED) is 0.910. The Kier molecular flexibility index (Phi) is 4.37. The SMILES string of the molecule is CCNC1c2ccccc2CCC1N1CCCC(C)(C)C1. The van der Waals surface area contributed by atoms with Crippen molar-refractivity contribution in [3.8, 4) is 0 Å². The van der Waals surface area contributed by atoms with Crippen LogP contribution in [0.15, 0.2) is 24.3 Å². The van der Waals surface area contributed by atoms with Crippen LogP contribution in [0.3, 0.4) is 0 Å². The molecular formula is C19H30N2. The molecular weight excluding hydrogens is 256 g/mol. The zero-order valence-electron chi connectivity index (χ0n) is 13.9. The molecule has 2 nitrogen and oxygen atoms in total. The number of benzene rings is 1. The molecule has 0 amide bonds. The van der Waals surface area contributed by atoms with Crippen LogP contribution in [0.25, 0.3) is 0 Å². The molecule has 1 N–H and O–H groups in total. The van der Waals surface area contributed by atoms with Gasteiger partial charge in [-0.3, -0.25) is 4.90 Å². The summed E-state index contributed by atoms with van der Waals surface area (Å²) >= 11 is 0. The average Bonchev–Trinajstić information content (AvgIpc) is 2.47. The van der Waals surface area contributed by atoms with E-state index in [9.17, 15) is 0 Å². The van der Waals surface area contributed by atoms with Gasteiger partial charge in [0.05, 0.1) is 0 Å². The maximum Gasteiger partial charge on any atom is 0.0480 e. The highest BCUT2D eigenvalue weighted by Crippen LogP contribution is 2.37. The molecule has 2 atom stereocenters. The monoisotopic (exact) mass is 286 g/mol. The van der Waals surface area contributed by atoms with Gasteiger partial charge < -0.3 is 5.32 Å². The molecule has 0 radical (unpaired) electrons. The van der Waals surface area contributed by atoms with Gasteiger partial charge in [-0.25, -0.2) is 0 Å². The topological polar surface area (TPSA) is 15.3 Å². The molecule has 1 saturated heterocycles. The molecule has 1 aromatic rings. The van der Waals surface area contributed by atoms with Crippen LogP contribution in [0.2, 0.25) is 0 Å². The Morgan fingerprint density at radius 3 is 2.86 bits per heavy atom. The molecule has 0 aromatic heterocycles. The number of piperidine rings is 1. The van der Waals surface area contributed by atoms with Crippen molar-refractivity contribution in [2.45, 2.75) is 58.5 Å². The van der Waals surface area contributed by atoms with Gasteiger partial charge in [0.2, 0.25) is 0 Å². The summed E-state index contributed by atoms with van der Waals surface area (Å²) in [5.74, 6) is 0. The first-order chi connectivity index (χ1) is 10.1. The standard InChI is InChI=1S/C19H30N2/c1-4-20-18-16-9-6-5-8-15(16)10-11-17(18)21-13-7-12-19(2,3)14-21/h5-6,8-9,17-18,20H,4,7,10-14H2,1-3H3. The smallest absolute Gasteiger partial charge is 0.0480 e. The molecule has 1 aliphatic carbocycles. The number of hydrogen-bond acceptors (Lipinski definition) is 2. The molecule has 1 fully saturated rings. The molecule has 116 valence electrons. The lowest BCUT2D eigenvalue weighted by atomic mass is 9.79. The van der Waals surface area contributed by atoms with Crippen LogP contribution in [-0.2, 0) is 6.42 Å². The summed E-state index contributed by atoms with van der Waals surface area (Å²) in [4.78, 5) is 2.77. The maximum absolute atomic E-state index is 3.77. The van der Waals surface area contributed by atoms with E-state index in [4.69, 9.17) is 0 Å². The predicted molar refractivity (Wildman–Crippen MR) is 89.6 cm³/mol. The van der Waals surface area contributed by atoms with E-state index in [1.54, 1.807) is 11.1 Å². The maximum atomic E-state index is 3.77. The third kappa shape index (κ3) is 3.17. The van der Waals surface area contributed by atoms with Crippen molar-refractivity contribution in [3.63, 3.8) is 0 Å². The zero-order valence-corrected chi connectivity index (χ0v) is 13.9. The predicted octanol–water partition coefficient (Wildman–Crippen LogP) is 3.77. The Morgan fingerprint density at radius 1 is 1.29 bits per heavy atom. The molecule has 3 rings (SSSR count). The fraction of sp³-hybridized carbons (Fsp3) is 0.684. The van der Waals surface area contributed by atoms with Gasteiger partial charge in [0.1, 0.15) is 0 Å². The molecule has 2 heteroatoms. The van der Waals surface area contributed by atoms with Crippen molar-refractivity contribution in [1.82, 2.24) is 10.2 Å². The summed E-state index contributed by atoms with van der Waals surface area (Å²) in [6.45, 7) is 10.7. The van der Waals surface area contributed by atoms with Crippen molar-refractivity contribution in [2.75, 3.05) is 19.6 Å². The van der Waals surface area contributed by atoms with Crippen molar-refractivity contribution >= 4 is 0 Å². The summed E-state index contributed by atoms with van der Waals surface area (Å²) in [5, 5.41) is 3.77. The molecule has 1 heterocycles. The van der Waals surface area contributed by atoms with Gasteiger partial charge in [0.25, 0.3) is 0 Å². The van der Waals surface area contributed by atoms with Crippen LogP contribution in [0.4, 0.5) is 0 Å². The average molecular weight is 286 g/mol. The van der Waals surface area contributed by atoms with Crippen molar-refractivity contribution < 1.29 is 0 Å². The minimum Gasteiger partial charge on any atom is -0.309 e. The van der Waals surface area contributed by atoms with E-state index in [1.807, 2.05) is 0 Å². The van der Waals surface area contributed by atoms with Crippen molar-refractivity contribution in [1.29, 1.82) is 0 Å². The van der Waals surface area contributed by atoms with Gasteiger partial charge in [-0.2, -0.15) is 0 Å². The van der Waals surface area contributed by atoms with E-state index >= 15 is 0 Å². The number of aryl methyl sites for hydroxylation is 1. The number of nitrogens with zero attached hydrogens (tertiary/aromatic N) is 1. The molecule has 0 bridgehead atoms. The number of hydrogen-bond donors (Lipinski definition) is 1. The van der Waals surface area contributed by atoms with E-state index in [-0.39, 0.29) is 0 Å². The molecule has 0 spiro atoms. The summed E-state index contributed by atoms with van der Waals surface area (Å²) in [6.07, 6.45) is 5.26. The summed E-state index contributed by atoms with van der Waals surface area (Å²) in [6, 6.07) is 10.2. The van der Waals surface area contributed by atoms with Gasteiger partial charge in [-0.1, -0.05) is 45.0 Å². The molecule has 21 heavy (non-hydrogen) atoms. The Morgan fingerprint density at radius 2 is 2.10 bits per heavy atom. The third-order valence-electron chi connectivity index (χ3n) is 5.31. The molecule has 2 unspecified atom stereocenters. The molecule has 0 saturated carbocycles. The fourth-order valence-electron chi connectivity index (χ4n) is 4.35. The number of likely N-dealkylation sites (tertiary alicyclic amines) is 1. The van der Waals surface area contributed by atoms with E-state index < -0.39 is 0 Å². The highest BCUT2D eigenvalue weighted by molar-refractivity contribution is 5.34. The number of rotatable bonds is 3. The Labute approximate surface area is 129 Å². The molecule has 2 aliphatic rings. The Hall–Kier alpha value is -0.860. The Bertz CT molecular complexity index is 480. The number of fused-ring (bicyclic) bond motifs is 1. The van der Waals surface area contributed by atoms with Crippen LogP contribution in [0.1, 0.15) is 57.2 Å². The van der Waals surface area contributed by atoms with Gasteiger partial charge >= 0.3 is 0 Å². The van der Waals surface area contributed by atoms with E-state index in [0.717, 1.165) is 6.54 Å². The lowest BCUT2D eigenvalue weighted by molar-refractivity contribution is 0.0533. The summed E-state index contributed by atoms with van der Waals surface area (Å²) in [5.41, 5.74) is 3.57. The molecule has 1 aromatic carbocycles. The second kappa shape index (κ2) is 6.10. The van der Waals surface area contributed by atoms with Crippen molar-refractivity contribution in [2.24, 2.45) is 5.41 Å². The first kappa shape index (κ1) is 15.1. The lowest BCUT2D eigenvalue weighted by Gasteiger charge is -2.47. The van der Waals surface area contributed by atoms with Crippen LogP contribution in [-0.4, -0.2) is 30.6 Å². The van der Waals surface area contributed by atoms with Gasteiger partial charge in [0.15, 0.2) is 0 Å². The van der Waals surface area contributed by atoms with Crippen LogP contribution < -0.4 is 5.32 Å². The summed E-state index contributed by atoms with van der Waals surface area (Å²) in [7, 11) is 0. The minimum atomic E-state index is 0.478. The minimum absolute atomic E-state index is 0.478. The van der Waals surface area contributed by atoms with E-state index in [0.29, 0.717) is 17.5 Å². The zero-order chi connectivity index (χ0) is 14.9. The van der Waals surface area contributed by atoms with Gasteiger partial charge in [-0.15, -0.1) is 0 Å². The van der Waals surface area contributed by atoms with Crippen LogP contribution in [0, 0.1) is 5.41 Å². The fourth-order valence-corrected chi connectivity index (χ4v) is 4.35. The molecule has 1 aliphatic heterocycles. The second-order valence-electron chi connectivity index (χ2n) is 7.58. The normalized spacial score (nSPS) is 29.1. The highest BCUT2D eigenvalue weighted by Gasteiger charge is 2.37. The van der Waals surface area contributed by atoms with Crippen LogP contribution >= 0.6 is 0 Å². The number of likely N-dealkylation sites (N-methyl/N-ethyl adjacent to an activating group) is 1. The van der Waals surface area contributed by atoms with Crippen LogP contribution in [0.5, 0.6) is 0 Å². The van der Waals surface area contributed by atoms with E-state index in [1.165, 1.54) is 38.8 Å². The first-order valence-corrected chi connectivity index (χ1v) is 8.66. The number of nitrogens with one attached hydrogen (secondary N) is 1. The second-order valence-corrected chi connectivity index (χ2v) is 7.58. The first-order valence-electron chi connectivity index (χ1n) is 8.66. The summed E-state index contributed by atoms with van der Waals surface area (Å²) < 4.78 is 0. The van der Waals surface area contributed by atoms with Crippen molar-refractivity contribution in [3.05, 3.63) is 35.4 Å². The van der Waals surface area contributed by atoms with E-state index in [2.05, 4.69) is 55.3 Å². The largest absolute Gasteiger partial charge is 0.309 e. The third-order valence-corrected chi connectivity index (χ3v) is 5.31. The Balaban J connectivity index is 1.85. The van der Waals surface area contributed by atoms with Gasteiger partial charge in [0, 0.05) is 18.6 Å². The van der Waals surface area contributed by atoms with Gasteiger partial charge in [-0.05, 0) is 55.3 Å².